The summed E-state index contributed by atoms with van der Waals surface area (Å²) in [5.74, 6) is 0.692. The van der Waals surface area contributed by atoms with Crippen molar-refractivity contribution in [3.8, 4) is 0 Å². The number of urea groups is 1. The zero-order valence-corrected chi connectivity index (χ0v) is 16.1. The normalized spacial score (nSPS) is 23.8. The first kappa shape index (κ1) is 18.3. The lowest BCUT2D eigenvalue weighted by Gasteiger charge is -2.39. The number of piperidine rings is 1. The van der Waals surface area contributed by atoms with Crippen LogP contribution in [0.5, 0.6) is 0 Å². The van der Waals surface area contributed by atoms with E-state index in [1.165, 1.54) is 0 Å². The molecule has 148 valence electrons. The predicted octanol–water partition coefficient (Wildman–Crippen LogP) is 0.720. The Kier molecular flexibility index (Phi) is 4.66. The standard InChI is InChI=1S/C19H25N7O2/c1-19(16(27)23-18(28)24-19)13-6-9-25(10-7-13)17(20-2)21-11-14-12-26-8-4-3-5-15(26)22-14/h3-5,8,12-13H,6-7,9-11H2,1-2H3,(H,20,21)(H2,23,24,27,28). The van der Waals surface area contributed by atoms with Gasteiger partial charge < -0.3 is 19.9 Å². The summed E-state index contributed by atoms with van der Waals surface area (Å²) in [6, 6.07) is 5.51. The molecule has 2 aliphatic rings. The number of rotatable bonds is 3. The number of pyridine rings is 1. The number of nitrogens with zero attached hydrogens (tertiary/aromatic N) is 4. The molecular formula is C19H25N7O2. The van der Waals surface area contributed by atoms with E-state index in [2.05, 4.69) is 30.8 Å². The van der Waals surface area contributed by atoms with Gasteiger partial charge in [0.1, 0.15) is 11.2 Å². The highest BCUT2D eigenvalue weighted by atomic mass is 16.2. The highest BCUT2D eigenvalue weighted by molar-refractivity contribution is 6.07. The molecule has 0 radical (unpaired) electrons. The molecule has 1 atom stereocenters. The molecule has 0 saturated carbocycles. The van der Waals surface area contributed by atoms with Crippen LogP contribution in [-0.2, 0) is 11.3 Å². The van der Waals surface area contributed by atoms with Crippen LogP contribution in [0.2, 0.25) is 0 Å². The number of likely N-dealkylation sites (tertiary alicyclic amines) is 1. The van der Waals surface area contributed by atoms with Crippen LogP contribution in [-0.4, -0.2) is 57.9 Å². The third kappa shape index (κ3) is 3.28. The molecule has 3 amide bonds. The summed E-state index contributed by atoms with van der Waals surface area (Å²) in [7, 11) is 1.77. The number of aliphatic imine (C=N–C) groups is 1. The van der Waals surface area contributed by atoms with Gasteiger partial charge in [-0.15, -0.1) is 0 Å². The Morgan fingerprint density at radius 2 is 2.14 bits per heavy atom. The first-order valence-electron chi connectivity index (χ1n) is 9.51. The molecule has 0 aliphatic carbocycles. The van der Waals surface area contributed by atoms with E-state index in [0.717, 1.165) is 43.2 Å². The van der Waals surface area contributed by atoms with Crippen molar-refractivity contribution in [2.24, 2.45) is 10.9 Å². The minimum Gasteiger partial charge on any atom is -0.351 e. The van der Waals surface area contributed by atoms with E-state index in [-0.39, 0.29) is 11.8 Å². The molecule has 0 spiro atoms. The smallest absolute Gasteiger partial charge is 0.322 e. The maximum absolute atomic E-state index is 12.2. The molecule has 4 heterocycles. The third-order valence-corrected chi connectivity index (χ3v) is 5.74. The largest absolute Gasteiger partial charge is 0.351 e. The topological polar surface area (TPSA) is 103 Å². The lowest BCUT2D eigenvalue weighted by atomic mass is 9.79. The summed E-state index contributed by atoms with van der Waals surface area (Å²) >= 11 is 0. The van der Waals surface area contributed by atoms with Gasteiger partial charge in [-0.1, -0.05) is 6.07 Å². The average Bonchev–Trinajstić information content (AvgIpc) is 3.22. The van der Waals surface area contributed by atoms with Gasteiger partial charge in [0.15, 0.2) is 5.96 Å². The number of aromatic nitrogens is 2. The van der Waals surface area contributed by atoms with E-state index in [0.29, 0.717) is 6.54 Å². The Labute approximate surface area is 163 Å². The van der Waals surface area contributed by atoms with Crippen LogP contribution in [0.4, 0.5) is 4.79 Å². The summed E-state index contributed by atoms with van der Waals surface area (Å²) in [4.78, 5) is 34.9. The maximum atomic E-state index is 12.2. The van der Waals surface area contributed by atoms with Gasteiger partial charge in [0.05, 0.1) is 12.2 Å². The van der Waals surface area contributed by atoms with Crippen LogP contribution < -0.4 is 16.0 Å². The molecule has 4 rings (SSSR count). The van der Waals surface area contributed by atoms with Crippen molar-refractivity contribution in [2.45, 2.75) is 31.8 Å². The molecule has 2 aromatic rings. The number of carbonyl (C=O) groups excluding carboxylic acids is 2. The van der Waals surface area contributed by atoms with Gasteiger partial charge in [-0.05, 0) is 37.8 Å². The Balaban J connectivity index is 1.35. The molecule has 0 bridgehead atoms. The van der Waals surface area contributed by atoms with E-state index in [4.69, 9.17) is 0 Å². The second-order valence-corrected chi connectivity index (χ2v) is 7.47. The molecule has 3 N–H and O–H groups in total. The van der Waals surface area contributed by atoms with E-state index in [9.17, 15) is 9.59 Å². The molecule has 1 unspecified atom stereocenters. The highest BCUT2D eigenvalue weighted by Crippen LogP contribution is 2.30. The summed E-state index contributed by atoms with van der Waals surface area (Å²) < 4.78 is 1.99. The number of imide groups is 1. The maximum Gasteiger partial charge on any atom is 0.322 e. The number of carbonyl (C=O) groups is 2. The number of hydrogen-bond donors (Lipinski definition) is 3. The molecule has 28 heavy (non-hydrogen) atoms. The molecular weight excluding hydrogens is 358 g/mol. The number of guanidine groups is 1. The molecule has 9 heteroatoms. The number of nitrogens with one attached hydrogen (secondary N) is 3. The van der Waals surface area contributed by atoms with Crippen LogP contribution in [0.3, 0.4) is 0 Å². The number of fused-ring (bicyclic) bond motifs is 1. The number of amides is 3. The second-order valence-electron chi connectivity index (χ2n) is 7.47. The number of imidazole rings is 1. The number of hydrogen-bond acceptors (Lipinski definition) is 4. The van der Waals surface area contributed by atoms with Gasteiger partial charge in [0, 0.05) is 32.5 Å². The summed E-state index contributed by atoms with van der Waals surface area (Å²) in [6.45, 7) is 3.94. The fourth-order valence-electron chi connectivity index (χ4n) is 4.09. The minimum atomic E-state index is -0.823. The average molecular weight is 383 g/mol. The van der Waals surface area contributed by atoms with Gasteiger partial charge in [-0.2, -0.15) is 0 Å². The van der Waals surface area contributed by atoms with Crippen LogP contribution in [0, 0.1) is 5.92 Å². The lowest BCUT2D eigenvalue weighted by Crippen LogP contribution is -2.55. The van der Waals surface area contributed by atoms with Crippen molar-refractivity contribution in [2.75, 3.05) is 20.1 Å². The molecule has 2 aliphatic heterocycles. The first-order valence-corrected chi connectivity index (χ1v) is 9.51. The molecule has 2 fully saturated rings. The second kappa shape index (κ2) is 7.14. The van der Waals surface area contributed by atoms with Gasteiger partial charge in [0.25, 0.3) is 5.91 Å². The SMILES string of the molecule is CN=C(NCc1cn2ccccc2n1)N1CCC(C2(C)NC(=O)NC2=O)CC1. The van der Waals surface area contributed by atoms with Crippen LogP contribution in [0.15, 0.2) is 35.6 Å². The third-order valence-electron chi connectivity index (χ3n) is 5.74. The molecule has 9 nitrogen and oxygen atoms in total. The molecule has 0 aromatic carbocycles. The van der Waals surface area contributed by atoms with Gasteiger partial charge in [-0.3, -0.25) is 15.1 Å². The Bertz CT molecular complexity index is 896. The quantitative estimate of drug-likeness (QED) is 0.412. The Morgan fingerprint density at radius 1 is 1.36 bits per heavy atom. The van der Waals surface area contributed by atoms with Gasteiger partial charge in [0.2, 0.25) is 0 Å². The van der Waals surface area contributed by atoms with Crippen molar-refractivity contribution in [3.63, 3.8) is 0 Å². The molecule has 2 aromatic heterocycles. The molecule has 2 saturated heterocycles. The Morgan fingerprint density at radius 3 is 2.79 bits per heavy atom. The zero-order chi connectivity index (χ0) is 19.7. The van der Waals surface area contributed by atoms with E-state index in [1.807, 2.05) is 41.9 Å². The Hall–Kier alpha value is -3.10. The highest BCUT2D eigenvalue weighted by Gasteiger charge is 2.48. The summed E-state index contributed by atoms with van der Waals surface area (Å²) in [6.07, 6.45) is 5.59. The fraction of sp³-hybridized carbons (Fsp3) is 0.474. The summed E-state index contributed by atoms with van der Waals surface area (Å²) in [5.41, 5.74) is 1.04. The van der Waals surface area contributed by atoms with Crippen molar-refractivity contribution < 1.29 is 9.59 Å². The van der Waals surface area contributed by atoms with E-state index < -0.39 is 11.6 Å². The van der Waals surface area contributed by atoms with Crippen LogP contribution in [0.25, 0.3) is 5.65 Å². The van der Waals surface area contributed by atoms with Crippen molar-refractivity contribution in [1.82, 2.24) is 30.2 Å². The van der Waals surface area contributed by atoms with E-state index >= 15 is 0 Å². The zero-order valence-electron chi connectivity index (χ0n) is 16.1. The van der Waals surface area contributed by atoms with Crippen molar-refractivity contribution in [3.05, 3.63) is 36.3 Å². The first-order chi connectivity index (χ1) is 13.5. The minimum absolute atomic E-state index is 0.103. The van der Waals surface area contributed by atoms with Crippen LogP contribution in [0.1, 0.15) is 25.5 Å². The van der Waals surface area contributed by atoms with Gasteiger partial charge in [-0.25, -0.2) is 9.78 Å². The van der Waals surface area contributed by atoms with Crippen molar-refractivity contribution >= 4 is 23.5 Å². The lowest BCUT2D eigenvalue weighted by molar-refractivity contribution is -0.125. The van der Waals surface area contributed by atoms with Crippen LogP contribution >= 0.6 is 0 Å². The summed E-state index contributed by atoms with van der Waals surface area (Å²) in [5, 5.41) is 8.52. The fourth-order valence-corrected chi connectivity index (χ4v) is 4.09. The van der Waals surface area contributed by atoms with E-state index in [1.54, 1.807) is 7.05 Å². The monoisotopic (exact) mass is 383 g/mol. The van der Waals surface area contributed by atoms with Crippen molar-refractivity contribution in [1.29, 1.82) is 0 Å². The van der Waals surface area contributed by atoms with Gasteiger partial charge >= 0.3 is 6.03 Å². The predicted molar refractivity (Wildman–Crippen MR) is 105 cm³/mol.